The lowest BCUT2D eigenvalue weighted by Crippen LogP contribution is -1.99. The number of H-pyrrole nitrogens is 1. The molecule has 0 radical (unpaired) electrons. The van der Waals surface area contributed by atoms with Gasteiger partial charge in [0.1, 0.15) is 5.69 Å². The van der Waals surface area contributed by atoms with Gasteiger partial charge in [0.15, 0.2) is 11.5 Å². The van der Waals surface area contributed by atoms with Crippen molar-refractivity contribution in [3.8, 4) is 23.2 Å². The lowest BCUT2D eigenvalue weighted by Gasteiger charge is -1.93. The lowest BCUT2D eigenvalue weighted by molar-refractivity contribution is 0.0691. The Kier molecular flexibility index (Phi) is 2.37. The first kappa shape index (κ1) is 11.1. The van der Waals surface area contributed by atoms with Crippen molar-refractivity contribution in [1.82, 2.24) is 29.7 Å². The Bertz CT molecular complexity index is 740. The van der Waals surface area contributed by atoms with E-state index in [1.165, 1.54) is 6.33 Å². The number of hydrogen-bond acceptors (Lipinski definition) is 6. The summed E-state index contributed by atoms with van der Waals surface area (Å²) in [4.78, 5) is 25.5. The summed E-state index contributed by atoms with van der Waals surface area (Å²) in [5.74, 6) is -0.333. The predicted octanol–water partition coefficient (Wildman–Crippen LogP) is 0.558. The third-order valence-electron chi connectivity index (χ3n) is 2.50. The van der Waals surface area contributed by atoms with E-state index >= 15 is 0 Å². The van der Waals surface area contributed by atoms with Crippen LogP contribution in [0.3, 0.4) is 0 Å². The quantitative estimate of drug-likeness (QED) is 0.705. The molecule has 3 rings (SSSR count). The van der Waals surface area contributed by atoms with Crippen molar-refractivity contribution < 1.29 is 14.4 Å². The van der Waals surface area contributed by atoms with E-state index in [4.69, 9.17) is 9.63 Å². The van der Waals surface area contributed by atoms with Gasteiger partial charge < -0.3 is 19.2 Å². The van der Waals surface area contributed by atoms with Crippen LogP contribution in [-0.2, 0) is 7.05 Å². The molecule has 3 aromatic rings. The molecule has 3 aromatic heterocycles. The fraction of sp³-hybridized carbons (Fsp3) is 0.100. The van der Waals surface area contributed by atoms with Crippen LogP contribution in [0, 0.1) is 0 Å². The van der Waals surface area contributed by atoms with Crippen LogP contribution in [-0.4, -0.2) is 40.7 Å². The zero-order valence-corrected chi connectivity index (χ0v) is 9.73. The minimum Gasteiger partial charge on any atom is -0.476 e. The monoisotopic (exact) mass is 260 g/mol. The highest BCUT2D eigenvalue weighted by Gasteiger charge is 2.21. The van der Waals surface area contributed by atoms with Gasteiger partial charge in [0, 0.05) is 19.4 Å². The number of aromatic amines is 1. The first-order chi connectivity index (χ1) is 9.16. The van der Waals surface area contributed by atoms with E-state index in [1.54, 1.807) is 24.0 Å². The molecular weight excluding hydrogens is 252 g/mol. The highest BCUT2D eigenvalue weighted by molar-refractivity contribution is 5.91. The number of nitrogens with one attached hydrogen (secondary N) is 1. The highest BCUT2D eigenvalue weighted by atomic mass is 16.5. The summed E-state index contributed by atoms with van der Waals surface area (Å²) in [6.07, 6.45) is 4.60. The minimum atomic E-state index is -1.17. The fourth-order valence-corrected chi connectivity index (χ4v) is 1.62. The van der Waals surface area contributed by atoms with E-state index in [1.807, 2.05) is 0 Å². The molecule has 0 saturated carbocycles. The topological polar surface area (TPSA) is 123 Å². The molecule has 0 bridgehead atoms. The summed E-state index contributed by atoms with van der Waals surface area (Å²) < 4.78 is 6.75. The van der Waals surface area contributed by atoms with E-state index in [2.05, 4.69) is 25.1 Å². The van der Waals surface area contributed by atoms with Crippen LogP contribution in [0.5, 0.6) is 0 Å². The number of rotatable bonds is 3. The van der Waals surface area contributed by atoms with Gasteiger partial charge in [-0.05, 0) is 0 Å². The number of aromatic nitrogens is 6. The van der Waals surface area contributed by atoms with Gasteiger partial charge >= 0.3 is 5.97 Å². The van der Waals surface area contributed by atoms with Crippen molar-refractivity contribution in [2.45, 2.75) is 0 Å². The zero-order valence-electron chi connectivity index (χ0n) is 9.73. The Labute approximate surface area is 105 Å². The lowest BCUT2D eigenvalue weighted by atomic mass is 10.3. The van der Waals surface area contributed by atoms with E-state index in [0.29, 0.717) is 5.82 Å². The van der Waals surface area contributed by atoms with Gasteiger partial charge in [-0.3, -0.25) is 0 Å². The molecule has 0 spiro atoms. The van der Waals surface area contributed by atoms with Crippen LogP contribution in [0.25, 0.3) is 23.2 Å². The Hall–Kier alpha value is -2.97. The Morgan fingerprint density at radius 1 is 1.47 bits per heavy atom. The van der Waals surface area contributed by atoms with Crippen molar-refractivity contribution in [3.63, 3.8) is 0 Å². The van der Waals surface area contributed by atoms with Crippen LogP contribution < -0.4 is 0 Å². The normalized spacial score (nSPS) is 10.8. The summed E-state index contributed by atoms with van der Waals surface area (Å²) in [5.41, 5.74) is -0.00417. The molecule has 19 heavy (non-hydrogen) atoms. The van der Waals surface area contributed by atoms with Gasteiger partial charge in [-0.2, -0.15) is 4.98 Å². The van der Waals surface area contributed by atoms with Gasteiger partial charge in [0.05, 0.1) is 6.33 Å². The molecule has 2 N–H and O–H groups in total. The molecule has 0 fully saturated rings. The van der Waals surface area contributed by atoms with Gasteiger partial charge in [-0.25, -0.2) is 14.8 Å². The second kappa shape index (κ2) is 4.05. The molecule has 0 unspecified atom stereocenters. The first-order valence-corrected chi connectivity index (χ1v) is 5.25. The summed E-state index contributed by atoms with van der Waals surface area (Å²) in [6.45, 7) is 0. The number of imidazole rings is 2. The maximum absolute atomic E-state index is 11.0. The van der Waals surface area contributed by atoms with E-state index in [0.717, 1.165) is 0 Å². The largest absolute Gasteiger partial charge is 0.476 e. The molecule has 9 nitrogen and oxygen atoms in total. The molecule has 0 aliphatic rings. The highest BCUT2D eigenvalue weighted by Crippen LogP contribution is 2.21. The van der Waals surface area contributed by atoms with Crippen molar-refractivity contribution in [3.05, 3.63) is 24.4 Å². The number of carboxylic acids is 1. The maximum Gasteiger partial charge on any atom is 0.356 e. The van der Waals surface area contributed by atoms with Crippen LogP contribution in [0.4, 0.5) is 0 Å². The standard InChI is InChI=1S/C10H8N6O3/c1-16-3-2-11-8(16)7-14-9(19-15-7)5-6(10(17)18)13-4-12-5/h2-4H,1H3,(H,12,13)(H,17,18). The average molecular weight is 260 g/mol. The van der Waals surface area contributed by atoms with Crippen molar-refractivity contribution >= 4 is 5.97 Å². The first-order valence-electron chi connectivity index (χ1n) is 5.25. The van der Waals surface area contributed by atoms with Crippen molar-refractivity contribution in [1.29, 1.82) is 0 Å². The predicted molar refractivity (Wildman–Crippen MR) is 61.0 cm³/mol. The maximum atomic E-state index is 11.0. The second-order valence-corrected chi connectivity index (χ2v) is 3.72. The number of nitrogens with zero attached hydrogens (tertiary/aromatic N) is 5. The molecule has 0 aliphatic heterocycles. The molecule has 0 atom stereocenters. The number of aryl methyl sites for hydroxylation is 1. The molecular formula is C10H8N6O3. The van der Waals surface area contributed by atoms with Crippen LogP contribution in [0.1, 0.15) is 10.5 Å². The van der Waals surface area contributed by atoms with Gasteiger partial charge in [0.2, 0.25) is 5.82 Å². The Balaban J connectivity index is 2.04. The van der Waals surface area contributed by atoms with Crippen LogP contribution >= 0.6 is 0 Å². The molecule has 0 saturated heterocycles. The molecule has 0 aliphatic carbocycles. The number of hydrogen-bond donors (Lipinski definition) is 2. The molecule has 3 heterocycles. The minimum absolute atomic E-state index is 0.0490. The van der Waals surface area contributed by atoms with Crippen LogP contribution in [0.15, 0.2) is 23.2 Å². The zero-order chi connectivity index (χ0) is 13.4. The Morgan fingerprint density at radius 3 is 3.00 bits per heavy atom. The van der Waals surface area contributed by atoms with Crippen molar-refractivity contribution in [2.75, 3.05) is 0 Å². The third-order valence-corrected chi connectivity index (χ3v) is 2.50. The fourth-order valence-electron chi connectivity index (χ4n) is 1.62. The average Bonchev–Trinajstić information content (AvgIpc) is 3.06. The molecule has 0 aromatic carbocycles. The van der Waals surface area contributed by atoms with Crippen molar-refractivity contribution in [2.24, 2.45) is 7.05 Å². The summed E-state index contributed by atoms with van der Waals surface area (Å²) in [7, 11) is 1.79. The molecule has 0 amide bonds. The van der Waals surface area contributed by atoms with E-state index < -0.39 is 5.97 Å². The van der Waals surface area contributed by atoms with Gasteiger partial charge in [-0.1, -0.05) is 5.16 Å². The number of carboxylic acid groups (broad SMARTS) is 1. The molecule has 96 valence electrons. The summed E-state index contributed by atoms with van der Waals surface area (Å²) >= 11 is 0. The number of carbonyl (C=O) groups is 1. The second-order valence-electron chi connectivity index (χ2n) is 3.72. The van der Waals surface area contributed by atoms with E-state index in [-0.39, 0.29) is 23.1 Å². The summed E-state index contributed by atoms with van der Waals surface area (Å²) in [5, 5.41) is 12.7. The smallest absolute Gasteiger partial charge is 0.356 e. The van der Waals surface area contributed by atoms with Gasteiger partial charge in [0.25, 0.3) is 5.89 Å². The number of aromatic carboxylic acids is 1. The SMILES string of the molecule is Cn1ccnc1-c1noc(-c2[nH]cnc2C(=O)O)n1. The Morgan fingerprint density at radius 2 is 2.32 bits per heavy atom. The third kappa shape index (κ3) is 1.76. The van der Waals surface area contributed by atoms with Crippen LogP contribution in [0.2, 0.25) is 0 Å². The summed E-state index contributed by atoms with van der Waals surface area (Å²) in [6, 6.07) is 0. The van der Waals surface area contributed by atoms with E-state index in [9.17, 15) is 4.79 Å². The van der Waals surface area contributed by atoms with Gasteiger partial charge in [-0.15, -0.1) is 0 Å². The molecule has 9 heteroatoms.